The molecule has 0 bridgehead atoms. The minimum Gasteiger partial charge on any atom is -0.313 e. The second-order valence-corrected chi connectivity index (χ2v) is 6.09. The minimum absolute atomic E-state index is 0.226. The highest BCUT2D eigenvalue weighted by atomic mass is 19.1. The quantitative estimate of drug-likeness (QED) is 0.905. The first kappa shape index (κ1) is 15.9. The van der Waals surface area contributed by atoms with Gasteiger partial charge in [-0.1, -0.05) is 6.42 Å². The average Bonchev–Trinajstić information content (AvgIpc) is 2.49. The Kier molecular flexibility index (Phi) is 5.72. The van der Waals surface area contributed by atoms with Gasteiger partial charge in [-0.15, -0.1) is 0 Å². The van der Waals surface area contributed by atoms with E-state index >= 15 is 0 Å². The largest absolute Gasteiger partial charge is 0.313 e. The zero-order valence-electron chi connectivity index (χ0n) is 12.9. The first-order valence-corrected chi connectivity index (χ1v) is 7.76. The third kappa shape index (κ3) is 4.52. The summed E-state index contributed by atoms with van der Waals surface area (Å²) in [6.45, 7) is 6.82. The van der Waals surface area contributed by atoms with Crippen molar-refractivity contribution in [3.8, 4) is 6.07 Å². The second kappa shape index (κ2) is 7.53. The predicted molar refractivity (Wildman–Crippen MR) is 82.3 cm³/mol. The SMILES string of the molecule is CC(C)N(Cc1cc(C#N)ccc1F)CC1CCCCN1. The Hall–Kier alpha value is -1.44. The summed E-state index contributed by atoms with van der Waals surface area (Å²) in [6.07, 6.45) is 3.70. The van der Waals surface area contributed by atoms with Gasteiger partial charge in [0, 0.05) is 30.7 Å². The van der Waals surface area contributed by atoms with E-state index in [9.17, 15) is 4.39 Å². The number of nitriles is 1. The van der Waals surface area contributed by atoms with Crippen LogP contribution in [-0.2, 0) is 6.54 Å². The molecule has 1 aromatic rings. The Labute approximate surface area is 126 Å². The summed E-state index contributed by atoms with van der Waals surface area (Å²) in [5.41, 5.74) is 1.13. The zero-order chi connectivity index (χ0) is 15.2. The fourth-order valence-electron chi connectivity index (χ4n) is 2.81. The highest BCUT2D eigenvalue weighted by Crippen LogP contribution is 2.17. The van der Waals surface area contributed by atoms with Gasteiger partial charge in [0.05, 0.1) is 11.6 Å². The third-order valence-corrected chi connectivity index (χ3v) is 4.15. The van der Waals surface area contributed by atoms with Crippen molar-refractivity contribution in [3.05, 3.63) is 35.1 Å². The Morgan fingerprint density at radius 2 is 2.24 bits per heavy atom. The van der Waals surface area contributed by atoms with Crippen LogP contribution in [-0.4, -0.2) is 30.1 Å². The molecule has 0 aliphatic carbocycles. The topological polar surface area (TPSA) is 39.1 Å². The van der Waals surface area contributed by atoms with Crippen molar-refractivity contribution in [2.24, 2.45) is 0 Å². The lowest BCUT2D eigenvalue weighted by atomic mass is 10.0. The van der Waals surface area contributed by atoms with E-state index in [1.165, 1.54) is 31.4 Å². The van der Waals surface area contributed by atoms with E-state index in [1.54, 1.807) is 6.07 Å². The monoisotopic (exact) mass is 289 g/mol. The summed E-state index contributed by atoms with van der Waals surface area (Å²) >= 11 is 0. The molecule has 1 atom stereocenters. The minimum atomic E-state index is -0.226. The van der Waals surface area contributed by atoms with Crippen molar-refractivity contribution in [2.45, 2.75) is 51.7 Å². The van der Waals surface area contributed by atoms with E-state index in [2.05, 4.69) is 30.1 Å². The summed E-state index contributed by atoms with van der Waals surface area (Å²) in [5, 5.41) is 12.5. The van der Waals surface area contributed by atoms with Crippen LogP contribution >= 0.6 is 0 Å². The fourth-order valence-corrected chi connectivity index (χ4v) is 2.81. The van der Waals surface area contributed by atoms with Crippen LogP contribution in [0.4, 0.5) is 4.39 Å². The molecule has 1 N–H and O–H groups in total. The lowest BCUT2D eigenvalue weighted by molar-refractivity contribution is 0.175. The molecule has 1 heterocycles. The first-order chi connectivity index (χ1) is 10.1. The molecule has 114 valence electrons. The van der Waals surface area contributed by atoms with Crippen LogP contribution in [0.15, 0.2) is 18.2 Å². The molecule has 0 saturated carbocycles. The Morgan fingerprint density at radius 3 is 2.86 bits per heavy atom. The standard InChI is InChI=1S/C17H24FN3/c1-13(2)21(12-16-5-3-4-8-20-16)11-15-9-14(10-19)6-7-17(15)18/h6-7,9,13,16,20H,3-5,8,11-12H2,1-2H3. The molecular formula is C17H24FN3. The van der Waals surface area contributed by atoms with Gasteiger partial charge >= 0.3 is 0 Å². The normalized spacial score (nSPS) is 19.0. The Balaban J connectivity index is 2.07. The molecule has 0 amide bonds. The van der Waals surface area contributed by atoms with Crippen LogP contribution in [0.2, 0.25) is 0 Å². The highest BCUT2D eigenvalue weighted by Gasteiger charge is 2.19. The summed E-state index contributed by atoms with van der Waals surface area (Å²) in [7, 11) is 0. The number of hydrogen-bond donors (Lipinski definition) is 1. The summed E-state index contributed by atoms with van der Waals surface area (Å²) < 4.78 is 14.0. The maximum atomic E-state index is 14.0. The molecule has 1 aliphatic heterocycles. The number of hydrogen-bond acceptors (Lipinski definition) is 3. The molecular weight excluding hydrogens is 265 g/mol. The molecule has 4 heteroatoms. The molecule has 1 aromatic carbocycles. The Morgan fingerprint density at radius 1 is 1.43 bits per heavy atom. The van der Waals surface area contributed by atoms with Gasteiger partial charge in [0.1, 0.15) is 5.82 Å². The lowest BCUT2D eigenvalue weighted by Gasteiger charge is -2.33. The van der Waals surface area contributed by atoms with Crippen LogP contribution in [0.3, 0.4) is 0 Å². The van der Waals surface area contributed by atoms with Gasteiger partial charge in [-0.05, 0) is 51.4 Å². The van der Waals surface area contributed by atoms with Crippen LogP contribution in [0.5, 0.6) is 0 Å². The number of nitrogens with one attached hydrogen (secondary N) is 1. The third-order valence-electron chi connectivity index (χ3n) is 4.15. The van der Waals surface area contributed by atoms with Gasteiger partial charge in [0.25, 0.3) is 0 Å². The first-order valence-electron chi connectivity index (χ1n) is 7.76. The summed E-state index contributed by atoms with van der Waals surface area (Å²) in [5.74, 6) is -0.226. The van der Waals surface area contributed by atoms with Crippen molar-refractivity contribution in [1.82, 2.24) is 10.2 Å². The molecule has 2 rings (SSSR count). The van der Waals surface area contributed by atoms with Crippen molar-refractivity contribution in [2.75, 3.05) is 13.1 Å². The number of rotatable bonds is 5. The van der Waals surface area contributed by atoms with Crippen molar-refractivity contribution < 1.29 is 4.39 Å². The number of halogens is 1. The molecule has 0 spiro atoms. The van der Waals surface area contributed by atoms with Crippen LogP contribution in [0, 0.1) is 17.1 Å². The molecule has 0 aromatic heterocycles. The van der Waals surface area contributed by atoms with Crippen molar-refractivity contribution in [3.63, 3.8) is 0 Å². The molecule has 1 aliphatic rings. The number of benzene rings is 1. The van der Waals surface area contributed by atoms with Gasteiger partial charge in [0.15, 0.2) is 0 Å². The summed E-state index contributed by atoms with van der Waals surface area (Å²) in [6, 6.07) is 7.51. The van der Waals surface area contributed by atoms with E-state index in [0.29, 0.717) is 29.8 Å². The van der Waals surface area contributed by atoms with E-state index in [1.807, 2.05) is 0 Å². The highest BCUT2D eigenvalue weighted by molar-refractivity contribution is 5.33. The fraction of sp³-hybridized carbons (Fsp3) is 0.588. The second-order valence-electron chi connectivity index (χ2n) is 6.09. The van der Waals surface area contributed by atoms with Crippen LogP contribution < -0.4 is 5.32 Å². The predicted octanol–water partition coefficient (Wildman–Crippen LogP) is 3.05. The van der Waals surface area contributed by atoms with Crippen LogP contribution in [0.25, 0.3) is 0 Å². The van der Waals surface area contributed by atoms with Gasteiger partial charge in [-0.3, -0.25) is 4.90 Å². The van der Waals surface area contributed by atoms with E-state index in [0.717, 1.165) is 13.1 Å². The van der Waals surface area contributed by atoms with Crippen molar-refractivity contribution >= 4 is 0 Å². The number of piperidine rings is 1. The van der Waals surface area contributed by atoms with E-state index < -0.39 is 0 Å². The average molecular weight is 289 g/mol. The molecule has 3 nitrogen and oxygen atoms in total. The molecule has 0 radical (unpaired) electrons. The van der Waals surface area contributed by atoms with E-state index in [4.69, 9.17) is 5.26 Å². The molecule has 1 fully saturated rings. The maximum Gasteiger partial charge on any atom is 0.127 e. The lowest BCUT2D eigenvalue weighted by Crippen LogP contribution is -2.45. The Bertz CT molecular complexity index is 501. The van der Waals surface area contributed by atoms with Gasteiger partial charge in [0.2, 0.25) is 0 Å². The van der Waals surface area contributed by atoms with Gasteiger partial charge in [-0.25, -0.2) is 4.39 Å². The molecule has 1 saturated heterocycles. The van der Waals surface area contributed by atoms with E-state index in [-0.39, 0.29) is 5.82 Å². The zero-order valence-corrected chi connectivity index (χ0v) is 12.9. The van der Waals surface area contributed by atoms with Crippen LogP contribution in [0.1, 0.15) is 44.2 Å². The maximum absolute atomic E-state index is 14.0. The molecule has 1 unspecified atom stereocenters. The summed E-state index contributed by atoms with van der Waals surface area (Å²) in [4.78, 5) is 2.28. The number of nitrogens with zero attached hydrogens (tertiary/aromatic N) is 2. The smallest absolute Gasteiger partial charge is 0.127 e. The molecule has 21 heavy (non-hydrogen) atoms. The van der Waals surface area contributed by atoms with Crippen molar-refractivity contribution in [1.29, 1.82) is 5.26 Å². The van der Waals surface area contributed by atoms with Gasteiger partial charge in [-0.2, -0.15) is 5.26 Å². The van der Waals surface area contributed by atoms with Gasteiger partial charge < -0.3 is 5.32 Å².